The lowest BCUT2D eigenvalue weighted by Gasteiger charge is -2.32. The predicted molar refractivity (Wildman–Crippen MR) is 166 cm³/mol. The molecule has 1 N–H and O–H groups in total. The Balaban J connectivity index is 1.24. The Bertz CT molecular complexity index is 1330. The van der Waals surface area contributed by atoms with Crippen LogP contribution in [0.1, 0.15) is 54.4 Å². The fraction of sp³-hybridized carbons (Fsp3) is 0.486. The van der Waals surface area contributed by atoms with Gasteiger partial charge in [-0.3, -0.25) is 0 Å². The van der Waals surface area contributed by atoms with Crippen molar-refractivity contribution in [1.82, 2.24) is 4.90 Å². The van der Waals surface area contributed by atoms with Gasteiger partial charge < -0.3 is 29.1 Å². The van der Waals surface area contributed by atoms with E-state index in [1.54, 1.807) is 25.3 Å². The van der Waals surface area contributed by atoms with Crippen molar-refractivity contribution in [3.05, 3.63) is 82.7 Å². The van der Waals surface area contributed by atoms with Gasteiger partial charge in [-0.05, 0) is 110 Å². The zero-order chi connectivity index (χ0) is 29.5. The van der Waals surface area contributed by atoms with Gasteiger partial charge in [-0.25, -0.2) is 4.39 Å². The molecule has 7 heteroatoms. The highest BCUT2D eigenvalue weighted by atomic mass is 19.1. The molecule has 0 spiro atoms. The van der Waals surface area contributed by atoms with Gasteiger partial charge in [0.05, 0.1) is 7.11 Å². The van der Waals surface area contributed by atoms with Crippen molar-refractivity contribution in [2.75, 3.05) is 58.5 Å². The molecule has 1 fully saturated rings. The normalized spacial score (nSPS) is 17.2. The van der Waals surface area contributed by atoms with Crippen molar-refractivity contribution >= 4 is 5.69 Å². The van der Waals surface area contributed by atoms with Crippen LogP contribution in [0.4, 0.5) is 10.1 Å². The molecule has 1 unspecified atom stereocenters. The van der Waals surface area contributed by atoms with Crippen molar-refractivity contribution in [3.63, 3.8) is 0 Å². The summed E-state index contributed by atoms with van der Waals surface area (Å²) in [6, 6.07) is 17.4. The fourth-order valence-corrected chi connectivity index (χ4v) is 6.40. The number of phenols is 1. The van der Waals surface area contributed by atoms with Crippen LogP contribution in [-0.2, 0) is 24.1 Å². The van der Waals surface area contributed by atoms with Crippen molar-refractivity contribution < 1.29 is 23.7 Å². The van der Waals surface area contributed by atoms with Crippen LogP contribution in [0.5, 0.6) is 17.2 Å². The Hall–Kier alpha value is -3.29. The highest BCUT2D eigenvalue weighted by Gasteiger charge is 2.25. The van der Waals surface area contributed by atoms with Crippen LogP contribution in [0.2, 0.25) is 0 Å². The number of rotatable bonds is 12. The van der Waals surface area contributed by atoms with Gasteiger partial charge in [0.2, 0.25) is 0 Å². The van der Waals surface area contributed by atoms with Crippen LogP contribution in [0, 0.1) is 11.7 Å². The lowest BCUT2D eigenvalue weighted by atomic mass is 9.79. The summed E-state index contributed by atoms with van der Waals surface area (Å²) in [5, 5.41) is 9.91. The molecule has 0 saturated carbocycles. The number of aryl methyl sites for hydroxylation is 1. The maximum Gasteiger partial charge on any atom is 0.165 e. The standard InChI is InChI=1S/C35H45FN2O4/c1-4-38(24-26-5-12-35(33(36)19-26)42-18-15-37(2)23-25-13-16-41-17-14-25)34-22-31(40-3)10-11-32(34)29-7-6-28-21-30(39)9-8-27(28)20-29/h5,8-12,19,21-22,25,29,39H,4,6-7,13-18,20,23-24H2,1-3H3. The second-order valence-electron chi connectivity index (χ2n) is 11.8. The van der Waals surface area contributed by atoms with E-state index in [4.69, 9.17) is 14.2 Å². The van der Waals surface area contributed by atoms with Gasteiger partial charge in [-0.2, -0.15) is 0 Å². The zero-order valence-corrected chi connectivity index (χ0v) is 25.3. The van der Waals surface area contributed by atoms with Gasteiger partial charge in [-0.1, -0.05) is 18.2 Å². The molecule has 1 aliphatic heterocycles. The summed E-state index contributed by atoms with van der Waals surface area (Å²) in [7, 11) is 3.79. The molecule has 5 rings (SSSR count). The minimum atomic E-state index is -0.325. The van der Waals surface area contributed by atoms with Crippen molar-refractivity contribution in [1.29, 1.82) is 0 Å². The Morgan fingerprint density at radius 3 is 2.60 bits per heavy atom. The molecule has 0 bridgehead atoms. The van der Waals surface area contributed by atoms with E-state index >= 15 is 4.39 Å². The molecule has 0 aromatic heterocycles. The molecule has 1 atom stereocenters. The number of phenolic OH excluding ortho intramolecular Hbond substituents is 1. The second-order valence-corrected chi connectivity index (χ2v) is 11.8. The average Bonchev–Trinajstić information content (AvgIpc) is 3.01. The van der Waals surface area contributed by atoms with Crippen LogP contribution in [0.3, 0.4) is 0 Å². The number of methoxy groups -OCH3 is 1. The summed E-state index contributed by atoms with van der Waals surface area (Å²) in [5.41, 5.74) is 5.83. The molecule has 2 aliphatic rings. The first-order chi connectivity index (χ1) is 20.4. The first-order valence-electron chi connectivity index (χ1n) is 15.3. The van der Waals surface area contributed by atoms with Gasteiger partial charge in [0, 0.05) is 51.1 Å². The maximum atomic E-state index is 15.2. The number of hydrogen-bond acceptors (Lipinski definition) is 6. The predicted octanol–water partition coefficient (Wildman–Crippen LogP) is 6.58. The summed E-state index contributed by atoms with van der Waals surface area (Å²) >= 11 is 0. The number of nitrogens with zero attached hydrogens (tertiary/aromatic N) is 2. The lowest BCUT2D eigenvalue weighted by molar-refractivity contribution is 0.0542. The third-order valence-corrected chi connectivity index (χ3v) is 8.83. The van der Waals surface area contributed by atoms with Crippen LogP contribution >= 0.6 is 0 Å². The smallest absolute Gasteiger partial charge is 0.165 e. The number of likely N-dealkylation sites (N-methyl/N-ethyl adjacent to an activating group) is 1. The summed E-state index contributed by atoms with van der Waals surface area (Å²) in [6.07, 6.45) is 5.08. The third-order valence-electron chi connectivity index (χ3n) is 8.83. The van der Waals surface area contributed by atoms with E-state index in [9.17, 15) is 5.11 Å². The molecule has 0 amide bonds. The van der Waals surface area contributed by atoms with E-state index in [1.807, 2.05) is 24.3 Å². The summed E-state index contributed by atoms with van der Waals surface area (Å²) in [5.74, 6) is 2.13. The van der Waals surface area contributed by atoms with Gasteiger partial charge >= 0.3 is 0 Å². The van der Waals surface area contributed by atoms with Crippen LogP contribution in [0.25, 0.3) is 0 Å². The minimum Gasteiger partial charge on any atom is -0.508 e. The minimum absolute atomic E-state index is 0.301. The van der Waals surface area contributed by atoms with E-state index in [0.29, 0.717) is 36.5 Å². The Kier molecular flexibility index (Phi) is 10.2. The summed E-state index contributed by atoms with van der Waals surface area (Å²) in [4.78, 5) is 4.56. The SMILES string of the molecule is CCN(Cc1ccc(OCCN(C)CC2CCOCC2)c(F)c1)c1cc(OC)ccc1C1CCc2cc(O)ccc2C1. The number of ether oxygens (including phenoxy) is 3. The van der Waals surface area contributed by atoms with Crippen molar-refractivity contribution in [2.24, 2.45) is 5.92 Å². The first-order valence-corrected chi connectivity index (χ1v) is 15.3. The number of hydrogen-bond donors (Lipinski definition) is 1. The number of anilines is 1. The Morgan fingerprint density at radius 1 is 1.00 bits per heavy atom. The molecular weight excluding hydrogens is 531 g/mol. The van der Waals surface area contributed by atoms with E-state index in [2.05, 4.69) is 35.9 Å². The van der Waals surface area contributed by atoms with Gasteiger partial charge in [0.15, 0.2) is 11.6 Å². The zero-order valence-electron chi connectivity index (χ0n) is 25.3. The second kappa shape index (κ2) is 14.3. The molecule has 1 saturated heterocycles. The highest BCUT2D eigenvalue weighted by Crippen LogP contribution is 2.40. The van der Waals surface area contributed by atoms with Crippen molar-refractivity contribution in [3.8, 4) is 17.2 Å². The first kappa shape index (κ1) is 30.2. The molecule has 1 aliphatic carbocycles. The van der Waals surface area contributed by atoms with E-state index < -0.39 is 0 Å². The quantitative estimate of drug-likeness (QED) is 0.263. The van der Waals surface area contributed by atoms with E-state index in [1.165, 1.54) is 16.7 Å². The molecule has 226 valence electrons. The van der Waals surface area contributed by atoms with Gasteiger partial charge in [0.1, 0.15) is 18.1 Å². The van der Waals surface area contributed by atoms with E-state index in [0.717, 1.165) is 82.0 Å². The fourth-order valence-electron chi connectivity index (χ4n) is 6.40. The lowest BCUT2D eigenvalue weighted by Crippen LogP contribution is -2.32. The number of fused-ring (bicyclic) bond motifs is 1. The number of aromatic hydroxyl groups is 1. The number of benzene rings is 3. The average molecular weight is 577 g/mol. The highest BCUT2D eigenvalue weighted by molar-refractivity contribution is 5.60. The molecule has 1 heterocycles. The topological polar surface area (TPSA) is 54.4 Å². The molecule has 3 aromatic carbocycles. The monoisotopic (exact) mass is 576 g/mol. The van der Waals surface area contributed by atoms with Gasteiger partial charge in [-0.15, -0.1) is 0 Å². The summed E-state index contributed by atoms with van der Waals surface area (Å²) in [6.45, 7) is 7.42. The molecule has 3 aromatic rings. The molecular formula is C35H45FN2O4. The Labute approximate surface area is 250 Å². The molecule has 42 heavy (non-hydrogen) atoms. The largest absolute Gasteiger partial charge is 0.508 e. The summed E-state index contributed by atoms with van der Waals surface area (Å²) < 4.78 is 32.1. The van der Waals surface area contributed by atoms with Crippen molar-refractivity contribution in [2.45, 2.75) is 51.5 Å². The van der Waals surface area contributed by atoms with Crippen LogP contribution < -0.4 is 14.4 Å². The van der Waals surface area contributed by atoms with Crippen LogP contribution in [-0.4, -0.2) is 63.6 Å². The molecule has 6 nitrogen and oxygen atoms in total. The maximum absolute atomic E-state index is 15.2. The number of halogens is 1. The molecule has 0 radical (unpaired) electrons. The third kappa shape index (κ3) is 7.56. The Morgan fingerprint density at radius 2 is 1.83 bits per heavy atom. The van der Waals surface area contributed by atoms with Gasteiger partial charge in [0.25, 0.3) is 0 Å². The van der Waals surface area contributed by atoms with E-state index in [-0.39, 0.29) is 5.82 Å². The van der Waals surface area contributed by atoms with Crippen LogP contribution in [0.15, 0.2) is 54.6 Å².